The molecule has 0 aliphatic heterocycles. The number of hydrogen-bond acceptors (Lipinski definition) is 4. The van der Waals surface area contributed by atoms with Crippen LogP contribution in [0, 0.1) is 0 Å². The Balaban J connectivity index is 2.38. The quantitative estimate of drug-likeness (QED) is 0.706. The van der Waals surface area contributed by atoms with Crippen LogP contribution in [0.5, 0.6) is 0 Å². The summed E-state index contributed by atoms with van der Waals surface area (Å²) in [5, 5.41) is 4.21. The lowest BCUT2D eigenvalue weighted by molar-refractivity contribution is 1.28. The second-order valence-corrected chi connectivity index (χ2v) is 3.58. The first-order chi connectivity index (χ1) is 5.68. The van der Waals surface area contributed by atoms with Crippen molar-refractivity contribution in [3.63, 3.8) is 0 Å². The van der Waals surface area contributed by atoms with Crippen LogP contribution in [-0.2, 0) is 0 Å². The number of allylic oxidation sites excluding steroid dienone is 1. The number of aromatic nitrogens is 1. The van der Waals surface area contributed by atoms with Crippen molar-refractivity contribution >= 4 is 22.4 Å². The number of nitrogens with two attached hydrogens (primary N) is 1. The molecule has 0 spiro atoms. The van der Waals surface area contributed by atoms with E-state index in [1.807, 2.05) is 6.07 Å². The molecule has 1 aromatic rings. The fraction of sp³-hybridized carbons (Fsp3) is 0.375. The lowest BCUT2D eigenvalue weighted by atomic mass is 10.3. The lowest BCUT2D eigenvalue weighted by Gasteiger charge is -1.96. The number of nitrogens with one attached hydrogen (secondary N) is 1. The van der Waals surface area contributed by atoms with Crippen molar-refractivity contribution in [1.29, 1.82) is 0 Å². The molecule has 3 nitrogen and oxygen atoms in total. The van der Waals surface area contributed by atoms with Crippen LogP contribution >= 0.6 is 11.5 Å². The van der Waals surface area contributed by atoms with E-state index in [-0.39, 0.29) is 0 Å². The predicted octanol–water partition coefficient (Wildman–Crippen LogP) is 2.10. The van der Waals surface area contributed by atoms with Crippen LogP contribution in [0.4, 0.5) is 10.8 Å². The summed E-state index contributed by atoms with van der Waals surface area (Å²) in [7, 11) is 0. The molecule has 0 amide bonds. The Bertz CT molecular complexity index is 274. The zero-order valence-electron chi connectivity index (χ0n) is 7.29. The van der Waals surface area contributed by atoms with E-state index in [9.17, 15) is 0 Å². The minimum Gasteiger partial charge on any atom is -0.383 e. The van der Waals surface area contributed by atoms with Crippen LogP contribution in [0.2, 0.25) is 0 Å². The monoisotopic (exact) mass is 183 g/mol. The minimum atomic E-state index is 0.583. The average Bonchev–Trinajstić information content (AvgIpc) is 2.35. The van der Waals surface area contributed by atoms with Gasteiger partial charge < -0.3 is 11.1 Å². The molecule has 0 bridgehead atoms. The van der Waals surface area contributed by atoms with E-state index < -0.39 is 0 Å². The maximum atomic E-state index is 5.45. The molecule has 1 rings (SSSR count). The van der Waals surface area contributed by atoms with Crippen molar-refractivity contribution in [2.45, 2.75) is 13.8 Å². The van der Waals surface area contributed by atoms with E-state index in [1.165, 1.54) is 17.1 Å². The van der Waals surface area contributed by atoms with Crippen molar-refractivity contribution in [3.05, 3.63) is 17.7 Å². The van der Waals surface area contributed by atoms with Crippen molar-refractivity contribution in [2.24, 2.45) is 0 Å². The van der Waals surface area contributed by atoms with Crippen LogP contribution in [0.15, 0.2) is 17.7 Å². The van der Waals surface area contributed by atoms with E-state index in [0.717, 1.165) is 11.5 Å². The fourth-order valence-corrected chi connectivity index (χ4v) is 1.31. The van der Waals surface area contributed by atoms with E-state index >= 15 is 0 Å². The van der Waals surface area contributed by atoms with Gasteiger partial charge in [-0.25, -0.2) is 0 Å². The van der Waals surface area contributed by atoms with Gasteiger partial charge in [0.1, 0.15) is 10.8 Å². The summed E-state index contributed by atoms with van der Waals surface area (Å²) in [5.41, 5.74) is 6.76. The zero-order chi connectivity index (χ0) is 8.97. The van der Waals surface area contributed by atoms with Crippen molar-refractivity contribution < 1.29 is 0 Å². The van der Waals surface area contributed by atoms with E-state index in [2.05, 4.69) is 29.6 Å². The molecule has 0 fully saturated rings. The Morgan fingerprint density at radius 2 is 2.50 bits per heavy atom. The third-order valence-corrected chi connectivity index (χ3v) is 2.08. The highest BCUT2D eigenvalue weighted by Crippen LogP contribution is 2.16. The van der Waals surface area contributed by atoms with Crippen LogP contribution < -0.4 is 11.1 Å². The third-order valence-electron chi connectivity index (χ3n) is 1.31. The summed E-state index contributed by atoms with van der Waals surface area (Å²) < 4.78 is 3.95. The molecular formula is C8H13N3S. The molecule has 0 unspecified atom stereocenters. The first-order valence-corrected chi connectivity index (χ1v) is 4.55. The Morgan fingerprint density at radius 3 is 3.00 bits per heavy atom. The molecule has 4 heteroatoms. The normalized spacial score (nSPS) is 9.50. The maximum absolute atomic E-state index is 5.45. The van der Waals surface area contributed by atoms with Gasteiger partial charge in [0.05, 0.1) is 0 Å². The van der Waals surface area contributed by atoms with Crippen LogP contribution in [0.1, 0.15) is 13.8 Å². The van der Waals surface area contributed by atoms with E-state index in [1.54, 1.807) is 0 Å². The second kappa shape index (κ2) is 4.11. The highest BCUT2D eigenvalue weighted by atomic mass is 32.1. The van der Waals surface area contributed by atoms with Gasteiger partial charge in [-0.15, -0.1) is 0 Å². The molecule has 12 heavy (non-hydrogen) atoms. The Labute approximate surface area is 76.5 Å². The number of rotatable bonds is 3. The molecule has 66 valence electrons. The van der Waals surface area contributed by atoms with Crippen LogP contribution in [0.3, 0.4) is 0 Å². The number of nitrogens with zero attached hydrogens (tertiary/aromatic N) is 1. The number of nitrogen functional groups attached to an aromatic ring is 1. The molecule has 0 saturated heterocycles. The van der Waals surface area contributed by atoms with Gasteiger partial charge in [-0.1, -0.05) is 11.6 Å². The van der Waals surface area contributed by atoms with Gasteiger partial charge in [0, 0.05) is 12.6 Å². The van der Waals surface area contributed by atoms with Gasteiger partial charge in [-0.05, 0) is 25.4 Å². The number of anilines is 2. The zero-order valence-corrected chi connectivity index (χ0v) is 8.11. The maximum Gasteiger partial charge on any atom is 0.139 e. The van der Waals surface area contributed by atoms with Crippen LogP contribution in [-0.4, -0.2) is 10.9 Å². The van der Waals surface area contributed by atoms with Crippen LogP contribution in [0.25, 0.3) is 0 Å². The summed E-state index contributed by atoms with van der Waals surface area (Å²) in [5.74, 6) is 0.583. The predicted molar refractivity (Wildman–Crippen MR) is 54.4 cm³/mol. The molecule has 0 atom stereocenters. The summed E-state index contributed by atoms with van der Waals surface area (Å²) in [4.78, 5) is 0. The standard InChI is InChI=1S/C8H13N3S/c1-6(2)3-4-10-8-5-7(9)11-12-8/h3,5,10H,4H2,1-2H3,(H2,9,11). The van der Waals surface area contributed by atoms with Gasteiger partial charge in [0.25, 0.3) is 0 Å². The summed E-state index contributed by atoms with van der Waals surface area (Å²) in [6, 6.07) is 1.84. The first kappa shape index (κ1) is 9.06. The largest absolute Gasteiger partial charge is 0.383 e. The van der Waals surface area contributed by atoms with Gasteiger partial charge in [0.2, 0.25) is 0 Å². The Hall–Kier alpha value is -1.03. The van der Waals surface area contributed by atoms with Crippen molar-refractivity contribution in [1.82, 2.24) is 4.37 Å². The Morgan fingerprint density at radius 1 is 1.75 bits per heavy atom. The molecule has 0 saturated carbocycles. The molecule has 0 aliphatic carbocycles. The highest BCUT2D eigenvalue weighted by molar-refractivity contribution is 7.10. The van der Waals surface area contributed by atoms with Gasteiger partial charge in [-0.2, -0.15) is 4.37 Å². The van der Waals surface area contributed by atoms with Gasteiger partial charge in [-0.3, -0.25) is 0 Å². The summed E-state index contributed by atoms with van der Waals surface area (Å²) in [6.45, 7) is 4.98. The third kappa shape index (κ3) is 2.92. The van der Waals surface area contributed by atoms with Crippen molar-refractivity contribution in [3.8, 4) is 0 Å². The topological polar surface area (TPSA) is 50.9 Å². The smallest absolute Gasteiger partial charge is 0.139 e. The molecule has 0 aliphatic rings. The molecule has 1 heterocycles. The number of hydrogen-bond donors (Lipinski definition) is 2. The summed E-state index contributed by atoms with van der Waals surface area (Å²) in [6.07, 6.45) is 2.12. The van der Waals surface area contributed by atoms with Gasteiger partial charge >= 0.3 is 0 Å². The fourth-order valence-electron chi connectivity index (χ4n) is 0.728. The SMILES string of the molecule is CC(C)=CCNc1cc(N)ns1. The summed E-state index contributed by atoms with van der Waals surface area (Å²) >= 11 is 1.39. The molecular weight excluding hydrogens is 170 g/mol. The molecule has 0 radical (unpaired) electrons. The lowest BCUT2D eigenvalue weighted by Crippen LogP contribution is -1.95. The van der Waals surface area contributed by atoms with Crippen molar-refractivity contribution in [2.75, 3.05) is 17.6 Å². The van der Waals surface area contributed by atoms with E-state index in [0.29, 0.717) is 5.82 Å². The Kier molecular flexibility index (Phi) is 3.10. The average molecular weight is 183 g/mol. The first-order valence-electron chi connectivity index (χ1n) is 3.78. The molecule has 0 aromatic carbocycles. The van der Waals surface area contributed by atoms with E-state index in [4.69, 9.17) is 5.73 Å². The minimum absolute atomic E-state index is 0.583. The van der Waals surface area contributed by atoms with Gasteiger partial charge in [0.15, 0.2) is 0 Å². The molecule has 1 aromatic heterocycles. The highest BCUT2D eigenvalue weighted by Gasteiger charge is 1.94. The molecule has 3 N–H and O–H groups in total. The second-order valence-electron chi connectivity index (χ2n) is 2.78.